The molecule has 25 nitrogen and oxygen atoms in total. The van der Waals surface area contributed by atoms with E-state index in [1.807, 2.05) is 4.98 Å². The van der Waals surface area contributed by atoms with E-state index in [0.717, 1.165) is 21.8 Å². The van der Waals surface area contributed by atoms with Crippen molar-refractivity contribution in [2.75, 3.05) is 18.9 Å². The van der Waals surface area contributed by atoms with Gasteiger partial charge in [-0.05, 0) is 25.5 Å². The van der Waals surface area contributed by atoms with Gasteiger partial charge in [0.2, 0.25) is 11.3 Å². The lowest BCUT2D eigenvalue weighted by Crippen LogP contribution is -2.42. The zero-order valence-corrected chi connectivity index (χ0v) is 29.5. The molecule has 27 heteroatoms. The van der Waals surface area contributed by atoms with Gasteiger partial charge in [0.1, 0.15) is 42.3 Å². The molecule has 11 N–H and O–H groups in total. The predicted molar refractivity (Wildman–Crippen MR) is 180 cm³/mol. The van der Waals surface area contributed by atoms with Crippen molar-refractivity contribution < 1.29 is 62.5 Å². The number of aliphatic hydroxyl groups is 5. The number of nitrogens with two attached hydrogens (primary N) is 1. The maximum absolute atomic E-state index is 13.0. The number of nitrogens with one attached hydrogen (secondary N) is 2. The molecular formula is C27H31N9O16P2. The van der Waals surface area contributed by atoms with Gasteiger partial charge in [0.05, 0.1) is 25.5 Å². The number of phosphoric acid groups is 2. The molecule has 0 amide bonds. The molecule has 0 saturated heterocycles. The van der Waals surface area contributed by atoms with E-state index in [-0.39, 0.29) is 34.0 Å². The molecule has 0 aromatic carbocycles. The number of aromatic amines is 2. The molecule has 0 spiro atoms. The molecule has 0 radical (unpaired) electrons. The summed E-state index contributed by atoms with van der Waals surface area (Å²) in [6.45, 7) is 0.135. The van der Waals surface area contributed by atoms with Crippen molar-refractivity contribution in [3.63, 3.8) is 0 Å². The van der Waals surface area contributed by atoms with Gasteiger partial charge in [-0.25, -0.2) is 38.4 Å². The molecule has 6 rings (SSSR count). The topological polar surface area (TPSA) is 383 Å². The highest BCUT2D eigenvalue weighted by atomic mass is 31.3. The van der Waals surface area contributed by atoms with Crippen molar-refractivity contribution >= 4 is 49.7 Å². The Balaban J connectivity index is 1.09. The molecule has 0 saturated carbocycles. The normalized spacial score (nSPS) is 20.2. The number of nitrogens with zero attached hydrogens (tertiary/aromatic N) is 6. The number of benzene rings is 1. The monoisotopic (exact) mass is 799 g/mol. The fourth-order valence-electron chi connectivity index (χ4n) is 5.40. The fourth-order valence-corrected chi connectivity index (χ4v) is 7.50. The molecule has 0 bridgehead atoms. The summed E-state index contributed by atoms with van der Waals surface area (Å²) < 4.78 is 46.1. The standard InChI is InChI=1S/C27H31N9O16P2/c1-9-3-11-15(18(39)10(9)2)32-17-24(33-27(44)34-25(17)43)35(11)4-12(37)19(40)13(38)5-49-53(45,46)52-54(47,48)50-6-14-20(41)21(42)26(51-14)36-8-31-16-22(28)29-7-30-23(16)36/h3,7-8,12-14,19-20,37-38,40-42H,4-6H2,1-2H3,(H,45,46)(H,47,48)(H2,28,29,30)(H2,33,34,43,44)/t12-,13+,14+,19-,20+/m0/s1. The van der Waals surface area contributed by atoms with Gasteiger partial charge >= 0.3 is 21.3 Å². The van der Waals surface area contributed by atoms with E-state index in [4.69, 9.17) is 10.5 Å². The van der Waals surface area contributed by atoms with Crippen molar-refractivity contribution in [3.05, 3.63) is 66.7 Å². The van der Waals surface area contributed by atoms with Crippen LogP contribution < -0.4 is 22.4 Å². The number of fused-ring (bicyclic) bond motifs is 3. The number of rotatable bonds is 13. The molecule has 1 aliphatic carbocycles. The first kappa shape index (κ1) is 38.8. The van der Waals surface area contributed by atoms with Gasteiger partial charge < -0.3 is 50.4 Å². The third kappa shape index (κ3) is 7.42. The van der Waals surface area contributed by atoms with Crippen LogP contribution >= 0.6 is 15.6 Å². The molecule has 0 fully saturated rings. The van der Waals surface area contributed by atoms with Gasteiger partial charge in [-0.3, -0.25) is 28.6 Å². The van der Waals surface area contributed by atoms with E-state index in [0.29, 0.717) is 11.1 Å². The molecule has 3 aromatic rings. The zero-order chi connectivity index (χ0) is 39.4. The summed E-state index contributed by atoms with van der Waals surface area (Å²) in [5, 5.41) is 52.9. The van der Waals surface area contributed by atoms with Crippen LogP contribution in [0.5, 0.6) is 0 Å². The summed E-state index contributed by atoms with van der Waals surface area (Å²) in [6.07, 6.45) is -7.53. The Hall–Kier alpha value is -4.91. The average molecular weight is 800 g/mol. The second-order valence-corrected chi connectivity index (χ2v) is 15.0. The zero-order valence-electron chi connectivity index (χ0n) is 27.7. The van der Waals surface area contributed by atoms with Crippen LogP contribution in [0.25, 0.3) is 39.6 Å². The maximum Gasteiger partial charge on any atom is 0.481 e. The van der Waals surface area contributed by atoms with Gasteiger partial charge in [-0.15, -0.1) is 0 Å². The first-order chi connectivity index (χ1) is 25.3. The van der Waals surface area contributed by atoms with Crippen LogP contribution in [0.3, 0.4) is 0 Å². The van der Waals surface area contributed by atoms with Crippen LogP contribution in [-0.2, 0) is 33.8 Å². The number of H-pyrrole nitrogens is 2. The van der Waals surface area contributed by atoms with Gasteiger partial charge in [0, 0.05) is 5.56 Å². The molecule has 290 valence electrons. The van der Waals surface area contributed by atoms with E-state index in [9.17, 15) is 58.8 Å². The number of aryl methyl sites for hydroxylation is 1. The van der Waals surface area contributed by atoms with Gasteiger partial charge in [-0.1, -0.05) is 0 Å². The lowest BCUT2D eigenvalue weighted by molar-refractivity contribution is -0.0793. The quantitative estimate of drug-likeness (QED) is 0.0442. The summed E-state index contributed by atoms with van der Waals surface area (Å²) >= 11 is 0. The van der Waals surface area contributed by atoms with Crippen molar-refractivity contribution in [2.45, 2.75) is 50.9 Å². The number of phosphoric ester groups is 2. The van der Waals surface area contributed by atoms with Gasteiger partial charge in [-0.2, -0.15) is 4.31 Å². The minimum Gasteiger partial charge on any atom is -0.505 e. The van der Waals surface area contributed by atoms with Gasteiger partial charge in [0.25, 0.3) is 5.56 Å². The summed E-state index contributed by atoms with van der Waals surface area (Å²) in [6, 6.07) is 1.48. The van der Waals surface area contributed by atoms with Crippen LogP contribution in [-0.4, -0.2) is 118 Å². The van der Waals surface area contributed by atoms with Crippen molar-refractivity contribution in [2.24, 2.45) is 0 Å². The molecule has 5 heterocycles. The predicted octanol–water partition coefficient (Wildman–Crippen LogP) is -2.31. The Morgan fingerprint density at radius 2 is 1.72 bits per heavy atom. The lowest BCUT2D eigenvalue weighted by atomic mass is 10.0. The van der Waals surface area contributed by atoms with Crippen molar-refractivity contribution in [3.8, 4) is 11.4 Å². The highest BCUT2D eigenvalue weighted by Crippen LogP contribution is 2.60. The Labute approximate surface area is 299 Å². The number of anilines is 1. The lowest BCUT2D eigenvalue weighted by Gasteiger charge is -2.26. The maximum atomic E-state index is 13.0. The van der Waals surface area contributed by atoms with E-state index < -0.39 is 99.8 Å². The minimum atomic E-state index is -5.59. The number of hydrogen-bond acceptors (Lipinski definition) is 19. The number of nitrogen functional groups attached to an aromatic ring is 1. The average Bonchev–Trinajstić information content (AvgIpc) is 3.65. The third-order valence-corrected chi connectivity index (χ3v) is 10.9. The van der Waals surface area contributed by atoms with Crippen LogP contribution in [0.4, 0.5) is 5.82 Å². The van der Waals surface area contributed by atoms with Crippen LogP contribution in [0.1, 0.15) is 11.1 Å². The number of ether oxygens (including phenoxy) is 1. The highest BCUT2D eigenvalue weighted by molar-refractivity contribution is 7.61. The smallest absolute Gasteiger partial charge is 0.481 e. The Bertz CT molecular complexity index is 2550. The van der Waals surface area contributed by atoms with Crippen LogP contribution in [0, 0.1) is 13.8 Å². The van der Waals surface area contributed by atoms with E-state index in [1.165, 1.54) is 13.0 Å². The largest absolute Gasteiger partial charge is 0.505 e. The summed E-state index contributed by atoms with van der Waals surface area (Å²) in [5.41, 5.74) is 3.42. The molecule has 7 atom stereocenters. The molecule has 3 aliphatic rings. The number of aliphatic hydroxyl groups excluding tert-OH is 5. The molecule has 2 aliphatic heterocycles. The molecule has 3 aromatic heterocycles. The third-order valence-electron chi connectivity index (χ3n) is 8.30. The molecule has 54 heavy (non-hydrogen) atoms. The second kappa shape index (κ2) is 14.4. The summed E-state index contributed by atoms with van der Waals surface area (Å²) in [5.74, 6) is -1.16. The Morgan fingerprint density at radius 3 is 2.44 bits per heavy atom. The van der Waals surface area contributed by atoms with Crippen LogP contribution in [0.15, 0.2) is 38.9 Å². The van der Waals surface area contributed by atoms with Crippen molar-refractivity contribution in [1.82, 2.24) is 39.0 Å². The first-order valence-electron chi connectivity index (χ1n) is 15.4. The van der Waals surface area contributed by atoms with E-state index in [1.54, 1.807) is 6.92 Å². The van der Waals surface area contributed by atoms with E-state index >= 15 is 0 Å². The molecular weight excluding hydrogens is 768 g/mol. The van der Waals surface area contributed by atoms with Crippen molar-refractivity contribution in [1.29, 1.82) is 0 Å². The van der Waals surface area contributed by atoms with Gasteiger partial charge in [0.15, 0.2) is 40.5 Å². The summed E-state index contributed by atoms with van der Waals surface area (Å²) in [4.78, 5) is 77.9. The summed E-state index contributed by atoms with van der Waals surface area (Å²) in [7, 11) is -11.1. The second-order valence-electron chi connectivity index (χ2n) is 11.9. The number of imidazole rings is 1. The Kier molecular flexibility index (Phi) is 10.3. The molecule has 2 unspecified atom stereocenters. The van der Waals surface area contributed by atoms with Crippen LogP contribution in [0.2, 0.25) is 0 Å². The number of aromatic nitrogens is 8. The highest BCUT2D eigenvalue weighted by Gasteiger charge is 2.42. The fraction of sp³-hybridized carbons (Fsp3) is 0.370. The van der Waals surface area contributed by atoms with E-state index in [2.05, 4.69) is 38.3 Å². The number of hydrogen-bond donors (Lipinski definition) is 10. The Morgan fingerprint density at radius 1 is 1.02 bits per heavy atom. The minimum absolute atomic E-state index is 0.00152. The first-order valence-corrected chi connectivity index (χ1v) is 18.4. The SMILES string of the molecule is Cc1cc2n(C[C@H](O)[C@H](O)[C@H](O)COP(=O)(O)OP(=O)(O)OC[C@H]3OC(n4cnc5c(N)ncnc54)=C(O)[C@@H]3O)c3[nH]c(=O)[nH]c(=O)c3nc-2c(=O)c1C.